The van der Waals surface area contributed by atoms with Crippen molar-refractivity contribution in [2.75, 3.05) is 5.73 Å². The molecule has 0 saturated carbocycles. The Labute approximate surface area is 157 Å². The summed E-state index contributed by atoms with van der Waals surface area (Å²) in [7, 11) is 0. The van der Waals surface area contributed by atoms with Gasteiger partial charge in [-0.1, -0.05) is 22.9 Å². The molecule has 3 aromatic rings. The zero-order valence-electron chi connectivity index (χ0n) is 14.3. The minimum Gasteiger partial charge on any atom is -0.474 e. The number of aromatic nitrogens is 4. The molecule has 138 valence electrons. The van der Waals surface area contributed by atoms with Crippen molar-refractivity contribution in [1.29, 1.82) is 0 Å². The van der Waals surface area contributed by atoms with E-state index in [1.807, 2.05) is 6.92 Å². The average molecular weight is 400 g/mol. The van der Waals surface area contributed by atoms with Crippen molar-refractivity contribution in [1.82, 2.24) is 19.7 Å². The van der Waals surface area contributed by atoms with Gasteiger partial charge in [-0.15, -0.1) is 10.2 Å². The highest BCUT2D eigenvalue weighted by atomic mass is 35.5. The minimum absolute atomic E-state index is 0.0491. The molecule has 2 N–H and O–H groups in total. The van der Waals surface area contributed by atoms with Crippen LogP contribution in [-0.2, 0) is 12.1 Å². The Morgan fingerprint density at radius 3 is 2.46 bits per heavy atom. The maximum Gasteiger partial charge on any atom is 0.192 e. The first-order valence-electron chi connectivity index (χ1n) is 7.72. The van der Waals surface area contributed by atoms with Gasteiger partial charge in [0.15, 0.2) is 39.8 Å². The number of nitrogen functional groups attached to an aromatic ring is 1. The third-order valence-corrected chi connectivity index (χ3v) is 4.71. The normalized spacial score (nSPS) is 11.8. The van der Waals surface area contributed by atoms with Crippen LogP contribution in [0.2, 0.25) is 5.02 Å². The summed E-state index contributed by atoms with van der Waals surface area (Å²) in [6, 6.07) is 1.98. The predicted octanol–water partition coefficient (Wildman–Crippen LogP) is 4.25. The van der Waals surface area contributed by atoms with E-state index in [-0.39, 0.29) is 5.02 Å². The number of thiazole rings is 1. The highest BCUT2D eigenvalue weighted by Crippen LogP contribution is 2.34. The molecule has 10 heteroatoms. The lowest BCUT2D eigenvalue weighted by atomic mass is 10.1. The SMILES string of the molecule is CCn1c(-c2cnc(N)s2)nnc1C(C)(C)Oc1c(F)cc(Cl)cc1F. The first kappa shape index (κ1) is 18.5. The lowest BCUT2D eigenvalue weighted by molar-refractivity contribution is 0.0827. The van der Waals surface area contributed by atoms with Gasteiger partial charge in [0.1, 0.15) is 0 Å². The molecule has 26 heavy (non-hydrogen) atoms. The van der Waals surface area contributed by atoms with Gasteiger partial charge in [0.25, 0.3) is 0 Å². The number of hydrogen-bond donors (Lipinski definition) is 1. The second-order valence-electron chi connectivity index (χ2n) is 5.97. The molecule has 0 saturated heterocycles. The third-order valence-electron chi connectivity index (χ3n) is 3.67. The molecule has 0 aliphatic rings. The van der Waals surface area contributed by atoms with Gasteiger partial charge in [-0.05, 0) is 32.9 Å². The lowest BCUT2D eigenvalue weighted by Gasteiger charge is -2.26. The molecular formula is C16H16ClF2N5OS. The van der Waals surface area contributed by atoms with Crippen LogP contribution in [0.3, 0.4) is 0 Å². The molecule has 0 bridgehead atoms. The maximum atomic E-state index is 14.1. The van der Waals surface area contributed by atoms with Crippen LogP contribution < -0.4 is 10.5 Å². The number of hydrogen-bond acceptors (Lipinski definition) is 6. The van der Waals surface area contributed by atoms with Crippen LogP contribution in [0.4, 0.5) is 13.9 Å². The van der Waals surface area contributed by atoms with Crippen LogP contribution in [0.15, 0.2) is 18.3 Å². The standard InChI is InChI=1S/C16H16ClF2N5OS/c1-4-24-13(11-7-21-15(20)26-11)22-23-14(24)16(2,3)25-12-9(18)5-8(17)6-10(12)19/h5-7H,4H2,1-3H3,(H2,20,21). The molecule has 0 amide bonds. The van der Waals surface area contributed by atoms with E-state index in [4.69, 9.17) is 22.1 Å². The topological polar surface area (TPSA) is 78.9 Å². The van der Waals surface area contributed by atoms with E-state index in [1.165, 1.54) is 11.3 Å². The van der Waals surface area contributed by atoms with E-state index >= 15 is 0 Å². The van der Waals surface area contributed by atoms with Gasteiger partial charge in [0.05, 0.1) is 11.1 Å². The highest BCUT2D eigenvalue weighted by Gasteiger charge is 2.33. The number of benzene rings is 1. The largest absolute Gasteiger partial charge is 0.474 e. The Hall–Kier alpha value is -2.26. The van der Waals surface area contributed by atoms with E-state index in [1.54, 1.807) is 24.6 Å². The molecule has 0 unspecified atom stereocenters. The zero-order valence-corrected chi connectivity index (χ0v) is 15.8. The van der Waals surface area contributed by atoms with E-state index in [0.29, 0.717) is 23.3 Å². The molecule has 2 aromatic heterocycles. The fourth-order valence-electron chi connectivity index (χ4n) is 2.55. The molecule has 0 radical (unpaired) electrons. The Bertz CT molecular complexity index is 933. The van der Waals surface area contributed by atoms with Gasteiger partial charge in [-0.2, -0.15) is 0 Å². The molecule has 1 aromatic carbocycles. The summed E-state index contributed by atoms with van der Waals surface area (Å²) >= 11 is 6.93. The minimum atomic E-state index is -1.16. The van der Waals surface area contributed by atoms with E-state index in [0.717, 1.165) is 17.0 Å². The summed E-state index contributed by atoms with van der Waals surface area (Å²) < 4.78 is 35.6. The summed E-state index contributed by atoms with van der Waals surface area (Å²) in [5.74, 6) is -1.32. The Morgan fingerprint density at radius 1 is 1.27 bits per heavy atom. The number of anilines is 1. The van der Waals surface area contributed by atoms with E-state index < -0.39 is 23.0 Å². The van der Waals surface area contributed by atoms with Crippen LogP contribution in [0.1, 0.15) is 26.6 Å². The number of nitrogens with two attached hydrogens (primary N) is 1. The van der Waals surface area contributed by atoms with Crippen molar-refractivity contribution in [3.63, 3.8) is 0 Å². The van der Waals surface area contributed by atoms with Crippen LogP contribution in [0, 0.1) is 11.6 Å². The van der Waals surface area contributed by atoms with Crippen molar-refractivity contribution in [2.45, 2.75) is 32.9 Å². The zero-order chi connectivity index (χ0) is 19.1. The Morgan fingerprint density at radius 2 is 1.92 bits per heavy atom. The summed E-state index contributed by atoms with van der Waals surface area (Å²) in [6.07, 6.45) is 1.60. The van der Waals surface area contributed by atoms with Gasteiger partial charge in [-0.3, -0.25) is 0 Å². The molecular weight excluding hydrogens is 384 g/mol. The summed E-state index contributed by atoms with van der Waals surface area (Å²) in [6.45, 7) is 5.73. The number of nitrogens with zero attached hydrogens (tertiary/aromatic N) is 4. The van der Waals surface area contributed by atoms with Gasteiger partial charge in [0.2, 0.25) is 0 Å². The second kappa shape index (κ2) is 6.81. The van der Waals surface area contributed by atoms with Crippen molar-refractivity contribution >= 4 is 28.1 Å². The molecule has 3 rings (SSSR count). The van der Waals surface area contributed by atoms with Gasteiger partial charge < -0.3 is 15.0 Å². The maximum absolute atomic E-state index is 14.1. The van der Waals surface area contributed by atoms with E-state index in [2.05, 4.69) is 15.2 Å². The van der Waals surface area contributed by atoms with Gasteiger partial charge >= 0.3 is 0 Å². The second-order valence-corrected chi connectivity index (χ2v) is 7.46. The van der Waals surface area contributed by atoms with Crippen molar-refractivity contribution < 1.29 is 13.5 Å². The van der Waals surface area contributed by atoms with Crippen LogP contribution in [-0.4, -0.2) is 19.7 Å². The Kier molecular flexibility index (Phi) is 4.85. The molecule has 2 heterocycles. The molecule has 0 spiro atoms. The fourth-order valence-corrected chi connectivity index (χ4v) is 3.42. The number of halogens is 3. The smallest absolute Gasteiger partial charge is 0.192 e. The molecule has 0 fully saturated rings. The first-order chi connectivity index (χ1) is 12.2. The quantitative estimate of drug-likeness (QED) is 0.693. The van der Waals surface area contributed by atoms with Crippen LogP contribution in [0.25, 0.3) is 10.7 Å². The van der Waals surface area contributed by atoms with Crippen LogP contribution in [0.5, 0.6) is 5.75 Å². The van der Waals surface area contributed by atoms with E-state index in [9.17, 15) is 8.78 Å². The summed E-state index contributed by atoms with van der Waals surface area (Å²) in [5.41, 5.74) is 4.52. The summed E-state index contributed by atoms with van der Waals surface area (Å²) in [5, 5.41) is 8.71. The molecule has 0 aliphatic carbocycles. The number of rotatable bonds is 5. The first-order valence-corrected chi connectivity index (χ1v) is 8.91. The van der Waals surface area contributed by atoms with Gasteiger partial charge in [-0.25, -0.2) is 13.8 Å². The van der Waals surface area contributed by atoms with Crippen LogP contribution >= 0.6 is 22.9 Å². The number of ether oxygens (including phenoxy) is 1. The highest BCUT2D eigenvalue weighted by molar-refractivity contribution is 7.18. The third kappa shape index (κ3) is 3.36. The monoisotopic (exact) mass is 399 g/mol. The van der Waals surface area contributed by atoms with Crippen molar-refractivity contribution in [2.24, 2.45) is 0 Å². The summed E-state index contributed by atoms with van der Waals surface area (Å²) in [4.78, 5) is 4.75. The van der Waals surface area contributed by atoms with Crippen molar-refractivity contribution in [3.8, 4) is 16.5 Å². The Balaban J connectivity index is 2.01. The molecule has 6 nitrogen and oxygen atoms in total. The van der Waals surface area contributed by atoms with Gasteiger partial charge in [0, 0.05) is 11.6 Å². The predicted molar refractivity (Wildman–Crippen MR) is 96.2 cm³/mol. The average Bonchev–Trinajstić information content (AvgIpc) is 3.16. The molecule has 0 atom stereocenters. The molecule has 0 aliphatic heterocycles. The fraction of sp³-hybridized carbons (Fsp3) is 0.312. The lowest BCUT2D eigenvalue weighted by Crippen LogP contribution is -2.30. The van der Waals surface area contributed by atoms with Crippen molar-refractivity contribution in [3.05, 3.63) is 40.8 Å².